The highest BCUT2D eigenvalue weighted by Crippen LogP contribution is 2.07. The Kier molecular flexibility index (Phi) is 15.7. The van der Waals surface area contributed by atoms with Crippen molar-refractivity contribution in [3.63, 3.8) is 0 Å². The molecular weight excluding hydrogens is 438 g/mol. The molecule has 9 N–H and O–H groups in total. The van der Waals surface area contributed by atoms with Crippen LogP contribution in [0.5, 0.6) is 0 Å². The number of hydrogen-bond acceptors (Lipinski definition) is 8. The van der Waals surface area contributed by atoms with Crippen LogP contribution in [0.2, 0.25) is 0 Å². The predicted octanol–water partition coefficient (Wildman–Crippen LogP) is -1.23. The van der Waals surface area contributed by atoms with Crippen LogP contribution in [0.15, 0.2) is 0 Å². The molecule has 0 saturated heterocycles. The standard InChI is InChI=1S/C20H39N5O6S/c1-4-12(2)16(22)19(29)25-15(11-26)18(28)23-13(8-10-32-3)17(27)24-14(20(30)31)7-5-6-9-21/h12-16,26H,4-11,21-22H2,1-3H3,(H,23,28)(H,24,27)(H,25,29)(H,30,31). The number of unbranched alkanes of at least 4 members (excludes halogenated alkanes) is 1. The van der Waals surface area contributed by atoms with Gasteiger partial charge in [-0.15, -0.1) is 0 Å². The molecular formula is C20H39N5O6S. The first kappa shape index (κ1) is 30.1. The molecule has 5 unspecified atom stereocenters. The Labute approximate surface area is 193 Å². The average molecular weight is 478 g/mol. The fraction of sp³-hybridized carbons (Fsp3) is 0.800. The zero-order chi connectivity index (χ0) is 24.7. The summed E-state index contributed by atoms with van der Waals surface area (Å²) in [7, 11) is 0. The monoisotopic (exact) mass is 477 g/mol. The number of aliphatic hydroxyl groups excluding tert-OH is 1. The second-order valence-electron chi connectivity index (χ2n) is 7.68. The van der Waals surface area contributed by atoms with Crippen molar-refractivity contribution in [3.05, 3.63) is 0 Å². The van der Waals surface area contributed by atoms with E-state index in [2.05, 4.69) is 16.0 Å². The van der Waals surface area contributed by atoms with Gasteiger partial charge in [-0.3, -0.25) is 14.4 Å². The van der Waals surface area contributed by atoms with Gasteiger partial charge >= 0.3 is 5.97 Å². The summed E-state index contributed by atoms with van der Waals surface area (Å²) >= 11 is 1.45. The molecule has 0 aliphatic rings. The largest absolute Gasteiger partial charge is 0.480 e. The van der Waals surface area contributed by atoms with Crippen molar-refractivity contribution in [2.75, 3.05) is 25.2 Å². The van der Waals surface area contributed by atoms with Crippen LogP contribution in [0.25, 0.3) is 0 Å². The Morgan fingerprint density at radius 3 is 2.00 bits per heavy atom. The Balaban J connectivity index is 5.20. The van der Waals surface area contributed by atoms with Gasteiger partial charge in [-0.05, 0) is 50.2 Å². The first-order valence-electron chi connectivity index (χ1n) is 10.8. The van der Waals surface area contributed by atoms with Crippen LogP contribution in [0.4, 0.5) is 0 Å². The molecule has 0 fully saturated rings. The number of amides is 3. The quantitative estimate of drug-likeness (QED) is 0.125. The first-order valence-corrected chi connectivity index (χ1v) is 12.2. The topological polar surface area (TPSA) is 197 Å². The van der Waals surface area contributed by atoms with Crippen LogP contribution in [-0.4, -0.2) is 83.2 Å². The summed E-state index contributed by atoms with van der Waals surface area (Å²) in [5, 5.41) is 26.3. The lowest BCUT2D eigenvalue weighted by atomic mass is 9.99. The molecule has 11 nitrogen and oxygen atoms in total. The molecule has 0 rings (SSSR count). The SMILES string of the molecule is CCC(C)C(N)C(=O)NC(CO)C(=O)NC(CCSC)C(=O)NC(CCCCN)C(=O)O. The molecule has 5 atom stereocenters. The number of hydrogen-bond donors (Lipinski definition) is 7. The maximum absolute atomic E-state index is 12.7. The van der Waals surface area contributed by atoms with E-state index in [1.54, 1.807) is 6.92 Å². The molecule has 186 valence electrons. The Bertz CT molecular complexity index is 609. The molecule has 0 aromatic carbocycles. The summed E-state index contributed by atoms with van der Waals surface area (Å²) in [6.45, 7) is 3.41. The zero-order valence-corrected chi connectivity index (χ0v) is 20.0. The average Bonchev–Trinajstić information content (AvgIpc) is 2.77. The van der Waals surface area contributed by atoms with E-state index in [-0.39, 0.29) is 18.8 Å². The maximum Gasteiger partial charge on any atom is 0.326 e. The second kappa shape index (κ2) is 16.7. The molecule has 0 bridgehead atoms. The first-order chi connectivity index (χ1) is 15.1. The zero-order valence-electron chi connectivity index (χ0n) is 19.1. The van der Waals surface area contributed by atoms with Crippen molar-refractivity contribution in [1.29, 1.82) is 0 Å². The van der Waals surface area contributed by atoms with Crippen LogP contribution in [0.1, 0.15) is 46.0 Å². The maximum atomic E-state index is 12.7. The number of aliphatic hydroxyl groups is 1. The number of carbonyl (C=O) groups excluding carboxylic acids is 3. The van der Waals surface area contributed by atoms with Crippen molar-refractivity contribution in [2.45, 2.75) is 70.1 Å². The fourth-order valence-corrected chi connectivity index (χ4v) is 3.25. The van der Waals surface area contributed by atoms with Gasteiger partial charge in [-0.1, -0.05) is 20.3 Å². The second-order valence-corrected chi connectivity index (χ2v) is 8.67. The highest BCUT2D eigenvalue weighted by Gasteiger charge is 2.30. The molecule has 12 heteroatoms. The van der Waals surface area contributed by atoms with Crippen molar-refractivity contribution in [2.24, 2.45) is 17.4 Å². The highest BCUT2D eigenvalue weighted by atomic mass is 32.2. The third-order valence-electron chi connectivity index (χ3n) is 5.18. The van der Waals surface area contributed by atoms with Gasteiger partial charge in [0, 0.05) is 0 Å². The van der Waals surface area contributed by atoms with E-state index in [1.165, 1.54) is 11.8 Å². The minimum absolute atomic E-state index is 0.121. The lowest BCUT2D eigenvalue weighted by molar-refractivity contribution is -0.142. The molecule has 0 aromatic rings. The van der Waals surface area contributed by atoms with Gasteiger partial charge in [-0.25, -0.2) is 4.79 Å². The molecule has 0 spiro atoms. The lowest BCUT2D eigenvalue weighted by Gasteiger charge is -2.25. The van der Waals surface area contributed by atoms with E-state index in [0.29, 0.717) is 31.6 Å². The van der Waals surface area contributed by atoms with E-state index >= 15 is 0 Å². The molecule has 0 aromatic heterocycles. The summed E-state index contributed by atoms with van der Waals surface area (Å²) in [4.78, 5) is 49.1. The summed E-state index contributed by atoms with van der Waals surface area (Å²) < 4.78 is 0. The molecule has 32 heavy (non-hydrogen) atoms. The van der Waals surface area contributed by atoms with Crippen molar-refractivity contribution < 1.29 is 29.4 Å². The van der Waals surface area contributed by atoms with Gasteiger partial charge in [0.25, 0.3) is 0 Å². The molecule has 0 radical (unpaired) electrons. The van der Waals surface area contributed by atoms with E-state index in [1.807, 2.05) is 13.2 Å². The molecule has 0 aliphatic heterocycles. The summed E-state index contributed by atoms with van der Waals surface area (Å²) in [5.41, 5.74) is 11.3. The van der Waals surface area contributed by atoms with Gasteiger partial charge in [-0.2, -0.15) is 11.8 Å². The van der Waals surface area contributed by atoms with E-state index in [9.17, 15) is 29.4 Å². The van der Waals surface area contributed by atoms with E-state index < -0.39 is 54.5 Å². The number of carbonyl (C=O) groups is 4. The number of nitrogens with one attached hydrogen (secondary N) is 3. The highest BCUT2D eigenvalue weighted by molar-refractivity contribution is 7.98. The van der Waals surface area contributed by atoms with Crippen LogP contribution in [0.3, 0.4) is 0 Å². The van der Waals surface area contributed by atoms with Crippen LogP contribution in [0, 0.1) is 5.92 Å². The van der Waals surface area contributed by atoms with E-state index in [0.717, 1.165) is 0 Å². The number of carboxylic acids is 1. The molecule has 3 amide bonds. The fourth-order valence-electron chi connectivity index (χ4n) is 2.77. The summed E-state index contributed by atoms with van der Waals surface area (Å²) in [6.07, 6.45) is 4.11. The number of aliphatic carboxylic acids is 1. The predicted molar refractivity (Wildman–Crippen MR) is 124 cm³/mol. The van der Waals surface area contributed by atoms with Gasteiger partial charge in [0.15, 0.2) is 0 Å². The minimum Gasteiger partial charge on any atom is -0.480 e. The van der Waals surface area contributed by atoms with Gasteiger partial charge < -0.3 is 37.6 Å². The van der Waals surface area contributed by atoms with E-state index in [4.69, 9.17) is 11.5 Å². The molecule has 0 aliphatic carbocycles. The smallest absolute Gasteiger partial charge is 0.326 e. The lowest BCUT2D eigenvalue weighted by Crippen LogP contribution is -2.58. The summed E-state index contributed by atoms with van der Waals surface area (Å²) in [6, 6.07) is -4.27. The van der Waals surface area contributed by atoms with Crippen molar-refractivity contribution >= 4 is 35.5 Å². The van der Waals surface area contributed by atoms with Crippen molar-refractivity contribution in [1.82, 2.24) is 16.0 Å². The van der Waals surface area contributed by atoms with Gasteiger partial charge in [0.05, 0.1) is 12.6 Å². The normalized spacial score (nSPS) is 15.7. The molecule has 0 saturated carbocycles. The van der Waals surface area contributed by atoms with Crippen LogP contribution >= 0.6 is 11.8 Å². The van der Waals surface area contributed by atoms with Gasteiger partial charge in [0.1, 0.15) is 18.1 Å². The third kappa shape index (κ3) is 11.1. The van der Waals surface area contributed by atoms with Crippen LogP contribution in [-0.2, 0) is 19.2 Å². The minimum atomic E-state index is -1.29. The number of thioether (sulfide) groups is 1. The number of rotatable bonds is 17. The van der Waals surface area contributed by atoms with Crippen LogP contribution < -0.4 is 27.4 Å². The van der Waals surface area contributed by atoms with Gasteiger partial charge in [0.2, 0.25) is 17.7 Å². The molecule has 0 heterocycles. The van der Waals surface area contributed by atoms with Crippen molar-refractivity contribution in [3.8, 4) is 0 Å². The Morgan fingerprint density at radius 1 is 0.938 bits per heavy atom. The Morgan fingerprint density at radius 2 is 1.50 bits per heavy atom. The Hall–Kier alpha value is -1.89. The number of nitrogens with two attached hydrogens (primary N) is 2. The summed E-state index contributed by atoms with van der Waals surface area (Å²) in [5.74, 6) is -2.75. The third-order valence-corrected chi connectivity index (χ3v) is 5.82. The number of carboxylic acid groups (broad SMARTS) is 1.